The van der Waals surface area contributed by atoms with E-state index in [2.05, 4.69) is 30.1 Å². The summed E-state index contributed by atoms with van der Waals surface area (Å²) in [6, 6.07) is 9.78. The molecule has 3 heterocycles. The number of nitrogens with two attached hydrogens (primary N) is 1. The lowest BCUT2D eigenvalue weighted by Crippen LogP contribution is -2.20. The minimum atomic E-state index is 0.0833. The molecule has 3 aromatic heterocycles. The van der Waals surface area contributed by atoms with Crippen LogP contribution in [-0.2, 0) is 0 Å². The van der Waals surface area contributed by atoms with Gasteiger partial charge in [0.05, 0.1) is 0 Å². The van der Waals surface area contributed by atoms with E-state index in [0.717, 1.165) is 5.69 Å². The molecule has 0 aliphatic carbocycles. The summed E-state index contributed by atoms with van der Waals surface area (Å²) in [7, 11) is 0. The fraction of sp³-hybridized carbons (Fsp3) is 0.125. The van der Waals surface area contributed by atoms with E-state index < -0.39 is 0 Å². The summed E-state index contributed by atoms with van der Waals surface area (Å²) in [4.78, 5) is 23.2. The van der Waals surface area contributed by atoms with Gasteiger partial charge >= 0.3 is 0 Å². The van der Waals surface area contributed by atoms with Crippen molar-refractivity contribution in [2.24, 2.45) is 0 Å². The van der Waals surface area contributed by atoms with E-state index in [4.69, 9.17) is 10.3 Å². The first-order valence-electron chi connectivity index (χ1n) is 7.82. The molecule has 0 fully saturated rings. The van der Waals surface area contributed by atoms with E-state index in [1.807, 2.05) is 47.5 Å². The van der Waals surface area contributed by atoms with Gasteiger partial charge in [-0.3, -0.25) is 0 Å². The Hall–Kier alpha value is -3.40. The molecule has 0 bridgehead atoms. The number of nitrogens with zero attached hydrogens (tertiary/aromatic N) is 7. The van der Waals surface area contributed by atoms with Gasteiger partial charge in [-0.2, -0.15) is 19.9 Å². The molecule has 4 rings (SSSR count). The molecule has 1 aromatic carbocycles. The second-order valence-electron chi connectivity index (χ2n) is 5.16. The minimum Gasteiger partial charge on any atom is -0.368 e. The third-order valence-corrected chi connectivity index (χ3v) is 4.27. The van der Waals surface area contributed by atoms with E-state index in [1.165, 1.54) is 11.3 Å². The van der Waals surface area contributed by atoms with E-state index >= 15 is 0 Å². The number of nitrogen functional groups attached to an aromatic ring is 1. The highest BCUT2D eigenvalue weighted by molar-refractivity contribution is 7.12. The second-order valence-corrected chi connectivity index (χ2v) is 6.05. The average molecular weight is 366 g/mol. The van der Waals surface area contributed by atoms with Crippen molar-refractivity contribution < 1.29 is 4.52 Å². The molecule has 0 radical (unpaired) electrons. The Bertz CT molecular complexity index is 1000. The highest BCUT2D eigenvalue weighted by Gasteiger charge is 2.19. The summed E-state index contributed by atoms with van der Waals surface area (Å²) in [5, 5.41) is 6.40. The molecule has 4 aromatic rings. The third-order valence-electron chi connectivity index (χ3n) is 3.51. The molecule has 0 saturated heterocycles. The van der Waals surface area contributed by atoms with Crippen molar-refractivity contribution >= 4 is 28.9 Å². The maximum absolute atomic E-state index is 5.88. The smallest absolute Gasteiger partial charge is 0.287 e. The van der Waals surface area contributed by atoms with Crippen LogP contribution in [0.4, 0.5) is 17.6 Å². The Morgan fingerprint density at radius 3 is 2.65 bits per heavy atom. The molecule has 9 nitrogen and oxygen atoms in total. The maximum Gasteiger partial charge on any atom is 0.287 e. The topological polar surface area (TPSA) is 120 Å². The standard InChI is InChI=1S/C16H14N8OS/c1-2-24(10-6-4-3-5-7-10)16-21-11(20-15(17)22-16)12-19-13(25-23-12)14-18-8-9-26-14/h3-9H,2H2,1H3,(H2,17,20,21,22). The number of rotatable bonds is 5. The zero-order valence-corrected chi connectivity index (χ0v) is 14.6. The third kappa shape index (κ3) is 3.09. The molecule has 130 valence electrons. The van der Waals surface area contributed by atoms with Gasteiger partial charge in [0.25, 0.3) is 5.89 Å². The van der Waals surface area contributed by atoms with Crippen molar-refractivity contribution in [3.05, 3.63) is 41.9 Å². The molecule has 0 atom stereocenters. The van der Waals surface area contributed by atoms with Crippen molar-refractivity contribution in [1.29, 1.82) is 0 Å². The minimum absolute atomic E-state index is 0.0833. The number of anilines is 3. The lowest BCUT2D eigenvalue weighted by Gasteiger charge is -2.20. The van der Waals surface area contributed by atoms with Crippen LogP contribution < -0.4 is 10.6 Å². The Kier molecular flexibility index (Phi) is 4.23. The zero-order chi connectivity index (χ0) is 17.9. The summed E-state index contributed by atoms with van der Waals surface area (Å²) in [5.74, 6) is 1.29. The molecule has 0 unspecified atom stereocenters. The second kappa shape index (κ2) is 6.84. The molecule has 0 spiro atoms. The Labute approximate surface area is 152 Å². The van der Waals surface area contributed by atoms with Gasteiger partial charge < -0.3 is 15.2 Å². The first kappa shape index (κ1) is 16.1. The van der Waals surface area contributed by atoms with Gasteiger partial charge in [0.15, 0.2) is 5.01 Å². The van der Waals surface area contributed by atoms with E-state index in [0.29, 0.717) is 23.4 Å². The largest absolute Gasteiger partial charge is 0.368 e. The Morgan fingerprint density at radius 2 is 1.92 bits per heavy atom. The molecular formula is C16H14N8OS. The fourth-order valence-corrected chi connectivity index (χ4v) is 2.94. The molecule has 26 heavy (non-hydrogen) atoms. The number of para-hydroxylation sites is 1. The predicted molar refractivity (Wildman–Crippen MR) is 97.8 cm³/mol. The molecule has 10 heteroatoms. The predicted octanol–water partition coefficient (Wildman–Crippen LogP) is 2.79. The highest BCUT2D eigenvalue weighted by atomic mass is 32.1. The van der Waals surface area contributed by atoms with Gasteiger partial charge in [0, 0.05) is 23.8 Å². The average Bonchev–Trinajstić information content (AvgIpc) is 3.34. The number of thiazole rings is 1. The molecule has 0 saturated carbocycles. The van der Waals surface area contributed by atoms with Gasteiger partial charge in [-0.05, 0) is 19.1 Å². The molecule has 0 aliphatic heterocycles. The van der Waals surface area contributed by atoms with Crippen LogP contribution in [0, 0.1) is 0 Å². The van der Waals surface area contributed by atoms with Crippen LogP contribution in [0.25, 0.3) is 22.5 Å². The summed E-state index contributed by atoms with van der Waals surface area (Å²) < 4.78 is 5.25. The van der Waals surface area contributed by atoms with Crippen molar-refractivity contribution in [1.82, 2.24) is 30.1 Å². The monoisotopic (exact) mass is 366 g/mol. The quantitative estimate of drug-likeness (QED) is 0.568. The van der Waals surface area contributed by atoms with Crippen LogP contribution in [0.15, 0.2) is 46.4 Å². The van der Waals surface area contributed by atoms with E-state index in [9.17, 15) is 0 Å². The highest BCUT2D eigenvalue weighted by Crippen LogP contribution is 2.25. The van der Waals surface area contributed by atoms with Crippen molar-refractivity contribution in [2.45, 2.75) is 6.92 Å². The van der Waals surface area contributed by atoms with E-state index in [-0.39, 0.29) is 17.6 Å². The number of aromatic nitrogens is 6. The van der Waals surface area contributed by atoms with Crippen LogP contribution in [0.2, 0.25) is 0 Å². The van der Waals surface area contributed by atoms with Gasteiger partial charge in [0.1, 0.15) is 0 Å². The summed E-state index contributed by atoms with van der Waals surface area (Å²) in [6.45, 7) is 2.66. The van der Waals surface area contributed by atoms with Gasteiger partial charge in [-0.1, -0.05) is 23.4 Å². The first-order valence-corrected chi connectivity index (χ1v) is 8.70. The van der Waals surface area contributed by atoms with Gasteiger partial charge in [-0.15, -0.1) is 11.3 Å². The van der Waals surface area contributed by atoms with Crippen molar-refractivity contribution in [3.63, 3.8) is 0 Å². The molecule has 0 aliphatic rings. The van der Waals surface area contributed by atoms with E-state index in [1.54, 1.807) is 6.20 Å². The van der Waals surface area contributed by atoms with Crippen LogP contribution in [0.1, 0.15) is 6.92 Å². The van der Waals surface area contributed by atoms with Gasteiger partial charge in [-0.25, -0.2) is 4.98 Å². The summed E-state index contributed by atoms with van der Waals surface area (Å²) >= 11 is 1.40. The lowest BCUT2D eigenvalue weighted by molar-refractivity contribution is 0.431. The van der Waals surface area contributed by atoms with Crippen LogP contribution in [-0.4, -0.2) is 36.6 Å². The molecule has 2 N–H and O–H groups in total. The first-order chi connectivity index (χ1) is 12.7. The Balaban J connectivity index is 1.73. The lowest BCUT2D eigenvalue weighted by atomic mass is 10.3. The van der Waals surface area contributed by atoms with Crippen LogP contribution in [0.5, 0.6) is 0 Å². The molecule has 0 amide bonds. The molecular weight excluding hydrogens is 352 g/mol. The summed E-state index contributed by atoms with van der Waals surface area (Å²) in [5.41, 5.74) is 6.83. The van der Waals surface area contributed by atoms with Gasteiger partial charge in [0.2, 0.25) is 23.5 Å². The van der Waals surface area contributed by atoms with Crippen LogP contribution in [0.3, 0.4) is 0 Å². The fourth-order valence-electron chi connectivity index (χ4n) is 2.38. The number of hydrogen-bond donors (Lipinski definition) is 1. The van der Waals surface area contributed by atoms with Crippen LogP contribution >= 0.6 is 11.3 Å². The maximum atomic E-state index is 5.88. The normalized spacial score (nSPS) is 10.8. The number of benzene rings is 1. The SMILES string of the molecule is CCN(c1ccccc1)c1nc(N)nc(-c2noc(-c3nccs3)n2)n1. The Morgan fingerprint density at radius 1 is 1.08 bits per heavy atom. The zero-order valence-electron chi connectivity index (χ0n) is 13.8. The van der Waals surface area contributed by atoms with Crippen molar-refractivity contribution in [3.8, 4) is 22.5 Å². The van der Waals surface area contributed by atoms with Crippen molar-refractivity contribution in [2.75, 3.05) is 17.2 Å². The summed E-state index contributed by atoms with van der Waals surface area (Å²) in [6.07, 6.45) is 1.67. The number of hydrogen-bond acceptors (Lipinski definition) is 10.